The number of nitrogens with two attached hydrogens (primary N) is 1. The third-order valence-electron chi connectivity index (χ3n) is 2.37. The van der Waals surface area contributed by atoms with E-state index in [2.05, 4.69) is 59.0 Å². The molecule has 1 nitrogen and oxygen atoms in total. The highest BCUT2D eigenvalue weighted by Crippen LogP contribution is 2.24. The van der Waals surface area contributed by atoms with Gasteiger partial charge in [-0.25, -0.2) is 0 Å². The maximum atomic E-state index is 5.72. The van der Waals surface area contributed by atoms with E-state index in [1.807, 2.05) is 12.1 Å². The van der Waals surface area contributed by atoms with Crippen LogP contribution in [0.1, 0.15) is 5.56 Å². The Balaban J connectivity index is 2.53. The van der Waals surface area contributed by atoms with E-state index < -0.39 is 0 Å². The molecule has 0 aliphatic rings. The molecule has 0 amide bonds. The first kappa shape index (κ1) is 10.6. The molecule has 2 N–H and O–H groups in total. The molecule has 0 saturated carbocycles. The molecule has 0 saturated heterocycles. The van der Waals surface area contributed by atoms with Crippen LogP contribution in [0.3, 0.4) is 0 Å². The molecule has 0 aromatic heterocycles. The molecular weight excluding hydrogens is 297 g/mol. The molecule has 0 heterocycles. The van der Waals surface area contributed by atoms with Crippen molar-refractivity contribution in [2.24, 2.45) is 5.73 Å². The maximum Gasteiger partial charge on any atom is 0.0184 e. The minimum absolute atomic E-state index is 0.585. The van der Waals surface area contributed by atoms with Crippen LogP contribution in [0.5, 0.6) is 0 Å². The van der Waals surface area contributed by atoms with Crippen molar-refractivity contribution >= 4 is 22.6 Å². The summed E-state index contributed by atoms with van der Waals surface area (Å²) in [4.78, 5) is 0. The second-order valence-corrected chi connectivity index (χ2v) is 4.62. The monoisotopic (exact) mass is 309 g/mol. The van der Waals surface area contributed by atoms with Crippen LogP contribution >= 0.6 is 22.6 Å². The summed E-state index contributed by atoms with van der Waals surface area (Å²) in [7, 11) is 0. The molecule has 0 unspecified atom stereocenters. The molecule has 0 radical (unpaired) electrons. The summed E-state index contributed by atoms with van der Waals surface area (Å²) >= 11 is 2.32. The van der Waals surface area contributed by atoms with Gasteiger partial charge in [0.1, 0.15) is 0 Å². The second-order valence-electron chi connectivity index (χ2n) is 3.37. The molecule has 2 heteroatoms. The van der Waals surface area contributed by atoms with Crippen molar-refractivity contribution < 1.29 is 0 Å². The maximum absolute atomic E-state index is 5.72. The number of halogens is 1. The Morgan fingerprint density at radius 2 is 1.80 bits per heavy atom. The molecule has 0 spiro atoms. The SMILES string of the molecule is NCc1ccccc1-c1cccc(I)c1. The summed E-state index contributed by atoms with van der Waals surface area (Å²) in [5.74, 6) is 0. The predicted molar refractivity (Wildman–Crippen MR) is 72.5 cm³/mol. The van der Waals surface area contributed by atoms with Crippen LogP contribution in [0.15, 0.2) is 48.5 Å². The summed E-state index contributed by atoms with van der Waals surface area (Å²) in [5, 5.41) is 0. The van der Waals surface area contributed by atoms with Crippen molar-refractivity contribution in [2.45, 2.75) is 6.54 Å². The summed E-state index contributed by atoms with van der Waals surface area (Å²) < 4.78 is 1.25. The van der Waals surface area contributed by atoms with Gasteiger partial charge in [-0.1, -0.05) is 36.4 Å². The standard InChI is InChI=1S/C13H12IN/c14-12-6-3-5-10(8-12)13-7-2-1-4-11(13)9-15/h1-8H,9,15H2. The van der Waals surface area contributed by atoms with Crippen LogP contribution < -0.4 is 5.73 Å². The highest BCUT2D eigenvalue weighted by molar-refractivity contribution is 14.1. The zero-order chi connectivity index (χ0) is 10.7. The molecule has 15 heavy (non-hydrogen) atoms. The number of rotatable bonds is 2. The van der Waals surface area contributed by atoms with Crippen LogP contribution in [0, 0.1) is 3.57 Å². The number of hydrogen-bond donors (Lipinski definition) is 1. The molecule has 0 aliphatic carbocycles. The molecule has 0 bridgehead atoms. The first-order chi connectivity index (χ1) is 7.31. The van der Waals surface area contributed by atoms with Crippen LogP contribution in [0.4, 0.5) is 0 Å². The van der Waals surface area contributed by atoms with E-state index in [1.165, 1.54) is 20.3 Å². The fraction of sp³-hybridized carbons (Fsp3) is 0.0769. The smallest absolute Gasteiger partial charge is 0.0184 e. The Bertz CT molecular complexity index is 466. The van der Waals surface area contributed by atoms with E-state index in [0.29, 0.717) is 6.54 Å². The molecule has 0 atom stereocenters. The van der Waals surface area contributed by atoms with Gasteiger partial charge in [0.25, 0.3) is 0 Å². The average Bonchev–Trinajstić information content (AvgIpc) is 2.29. The van der Waals surface area contributed by atoms with Gasteiger partial charge in [-0.05, 0) is 51.4 Å². The Morgan fingerprint density at radius 1 is 1.00 bits per heavy atom. The largest absolute Gasteiger partial charge is 0.326 e. The topological polar surface area (TPSA) is 26.0 Å². The quantitative estimate of drug-likeness (QED) is 0.845. The van der Waals surface area contributed by atoms with E-state index in [0.717, 1.165) is 0 Å². The van der Waals surface area contributed by atoms with Gasteiger partial charge in [0.2, 0.25) is 0 Å². The third-order valence-corrected chi connectivity index (χ3v) is 3.04. The fourth-order valence-corrected chi connectivity index (χ4v) is 2.18. The highest BCUT2D eigenvalue weighted by atomic mass is 127. The van der Waals surface area contributed by atoms with E-state index in [-0.39, 0.29) is 0 Å². The van der Waals surface area contributed by atoms with Crippen LogP contribution in [0.2, 0.25) is 0 Å². The second kappa shape index (κ2) is 4.77. The minimum atomic E-state index is 0.585. The number of benzene rings is 2. The molecule has 0 aliphatic heterocycles. The normalized spacial score (nSPS) is 10.3. The van der Waals surface area contributed by atoms with Crippen LogP contribution in [-0.4, -0.2) is 0 Å². The Labute approximate surface area is 103 Å². The summed E-state index contributed by atoms with van der Waals surface area (Å²) in [5.41, 5.74) is 9.39. The van der Waals surface area contributed by atoms with Crippen molar-refractivity contribution in [3.63, 3.8) is 0 Å². The van der Waals surface area contributed by atoms with E-state index in [9.17, 15) is 0 Å². The van der Waals surface area contributed by atoms with E-state index in [4.69, 9.17) is 5.73 Å². The highest BCUT2D eigenvalue weighted by Gasteiger charge is 2.02. The number of hydrogen-bond acceptors (Lipinski definition) is 1. The Hall–Kier alpha value is -0.870. The molecule has 2 aromatic rings. The van der Waals surface area contributed by atoms with Crippen molar-refractivity contribution in [3.05, 3.63) is 57.7 Å². The molecule has 76 valence electrons. The van der Waals surface area contributed by atoms with Crippen molar-refractivity contribution in [1.82, 2.24) is 0 Å². The van der Waals surface area contributed by atoms with Gasteiger partial charge in [0.15, 0.2) is 0 Å². The molecular formula is C13H12IN. The Morgan fingerprint density at radius 3 is 2.53 bits per heavy atom. The lowest BCUT2D eigenvalue weighted by Crippen LogP contribution is -1.98. The summed E-state index contributed by atoms with van der Waals surface area (Å²) in [6.07, 6.45) is 0. The fourth-order valence-electron chi connectivity index (χ4n) is 1.64. The zero-order valence-corrected chi connectivity index (χ0v) is 10.4. The zero-order valence-electron chi connectivity index (χ0n) is 8.28. The molecule has 2 aromatic carbocycles. The van der Waals surface area contributed by atoms with Gasteiger partial charge in [-0.3, -0.25) is 0 Å². The Kier molecular flexibility index (Phi) is 3.38. The minimum Gasteiger partial charge on any atom is -0.326 e. The first-order valence-electron chi connectivity index (χ1n) is 4.85. The van der Waals surface area contributed by atoms with Gasteiger partial charge < -0.3 is 5.73 Å². The van der Waals surface area contributed by atoms with Crippen molar-refractivity contribution in [3.8, 4) is 11.1 Å². The molecule has 2 rings (SSSR count). The average molecular weight is 309 g/mol. The van der Waals surface area contributed by atoms with Crippen LogP contribution in [0.25, 0.3) is 11.1 Å². The lowest BCUT2D eigenvalue weighted by molar-refractivity contribution is 1.07. The van der Waals surface area contributed by atoms with Crippen molar-refractivity contribution in [2.75, 3.05) is 0 Å². The van der Waals surface area contributed by atoms with Gasteiger partial charge in [0, 0.05) is 10.1 Å². The lowest BCUT2D eigenvalue weighted by atomic mass is 10.00. The van der Waals surface area contributed by atoms with Gasteiger partial charge >= 0.3 is 0 Å². The van der Waals surface area contributed by atoms with E-state index >= 15 is 0 Å². The van der Waals surface area contributed by atoms with Gasteiger partial charge in [-0.2, -0.15) is 0 Å². The first-order valence-corrected chi connectivity index (χ1v) is 5.93. The predicted octanol–water partition coefficient (Wildman–Crippen LogP) is 3.42. The van der Waals surface area contributed by atoms with Gasteiger partial charge in [-0.15, -0.1) is 0 Å². The molecule has 0 fully saturated rings. The third kappa shape index (κ3) is 2.38. The van der Waals surface area contributed by atoms with Gasteiger partial charge in [0.05, 0.1) is 0 Å². The van der Waals surface area contributed by atoms with E-state index in [1.54, 1.807) is 0 Å². The van der Waals surface area contributed by atoms with Crippen molar-refractivity contribution in [1.29, 1.82) is 0 Å². The van der Waals surface area contributed by atoms with Crippen LogP contribution in [-0.2, 0) is 6.54 Å². The summed E-state index contributed by atoms with van der Waals surface area (Å²) in [6.45, 7) is 0.585. The summed E-state index contributed by atoms with van der Waals surface area (Å²) in [6, 6.07) is 16.7. The lowest BCUT2D eigenvalue weighted by Gasteiger charge is -2.07.